The number of amides is 1. The minimum Gasteiger partial charge on any atom is -0.493 e. The lowest BCUT2D eigenvalue weighted by atomic mass is 10.2. The van der Waals surface area contributed by atoms with Crippen molar-refractivity contribution in [1.29, 1.82) is 0 Å². The van der Waals surface area contributed by atoms with Crippen molar-refractivity contribution in [2.45, 2.75) is 6.61 Å². The summed E-state index contributed by atoms with van der Waals surface area (Å²) in [4.78, 5) is 24.4. The molecule has 0 aliphatic carbocycles. The minimum atomic E-state index is -0.687. The van der Waals surface area contributed by atoms with E-state index >= 15 is 0 Å². The van der Waals surface area contributed by atoms with E-state index in [1.54, 1.807) is 24.3 Å². The van der Waals surface area contributed by atoms with Gasteiger partial charge in [-0.2, -0.15) is 0 Å². The lowest BCUT2D eigenvalue weighted by Gasteiger charge is -2.12. The van der Waals surface area contributed by atoms with E-state index in [0.717, 1.165) is 5.56 Å². The van der Waals surface area contributed by atoms with Crippen molar-refractivity contribution in [3.8, 4) is 11.5 Å². The summed E-state index contributed by atoms with van der Waals surface area (Å²) in [5.74, 6) is -0.405. The van der Waals surface area contributed by atoms with Crippen LogP contribution in [0.4, 0.5) is 5.69 Å². The fraction of sp³-hybridized carbons (Fsp3) is 0.130. The molecule has 1 N–H and O–H groups in total. The molecule has 0 aliphatic rings. The molecule has 6 nitrogen and oxygen atoms in total. The third-order valence-corrected chi connectivity index (χ3v) is 4.83. The van der Waals surface area contributed by atoms with E-state index in [4.69, 9.17) is 37.4 Å². The van der Waals surface area contributed by atoms with Crippen LogP contribution < -0.4 is 14.8 Å². The molecule has 0 aromatic heterocycles. The van der Waals surface area contributed by atoms with Gasteiger partial charge in [-0.3, -0.25) is 4.79 Å². The van der Waals surface area contributed by atoms with Gasteiger partial charge in [0.15, 0.2) is 18.1 Å². The highest BCUT2D eigenvalue weighted by Gasteiger charge is 2.15. The summed E-state index contributed by atoms with van der Waals surface area (Å²) < 4.78 is 16.2. The maximum absolute atomic E-state index is 12.3. The van der Waals surface area contributed by atoms with Crippen LogP contribution in [0.25, 0.3) is 0 Å². The molecule has 3 aromatic carbocycles. The molecule has 0 fully saturated rings. The van der Waals surface area contributed by atoms with E-state index in [9.17, 15) is 9.59 Å². The van der Waals surface area contributed by atoms with Gasteiger partial charge in [0.1, 0.15) is 6.61 Å². The first-order valence-electron chi connectivity index (χ1n) is 9.23. The maximum Gasteiger partial charge on any atom is 0.338 e. The SMILES string of the molecule is COc1cc(C(=O)OCC(=O)Nc2c(Cl)cccc2Cl)ccc1OCc1ccccc1. The number of anilines is 1. The number of halogens is 2. The van der Waals surface area contributed by atoms with Crippen LogP contribution in [0.5, 0.6) is 11.5 Å². The monoisotopic (exact) mass is 459 g/mol. The fourth-order valence-corrected chi connectivity index (χ4v) is 3.15. The molecule has 3 aromatic rings. The predicted octanol–water partition coefficient (Wildman–Crippen LogP) is 5.38. The van der Waals surface area contributed by atoms with E-state index in [0.29, 0.717) is 18.1 Å². The van der Waals surface area contributed by atoms with Crippen LogP contribution >= 0.6 is 23.2 Å². The minimum absolute atomic E-state index is 0.215. The highest BCUT2D eigenvalue weighted by molar-refractivity contribution is 6.39. The molecule has 0 saturated heterocycles. The van der Waals surface area contributed by atoms with Gasteiger partial charge in [0.05, 0.1) is 28.4 Å². The second kappa shape index (κ2) is 10.7. The first-order chi connectivity index (χ1) is 15.0. The Labute approximate surface area is 189 Å². The van der Waals surface area contributed by atoms with Crippen molar-refractivity contribution < 1.29 is 23.8 Å². The van der Waals surface area contributed by atoms with Crippen molar-refractivity contribution in [2.24, 2.45) is 0 Å². The van der Waals surface area contributed by atoms with Crippen molar-refractivity contribution in [3.05, 3.63) is 87.9 Å². The number of hydrogen-bond acceptors (Lipinski definition) is 5. The zero-order valence-corrected chi connectivity index (χ0v) is 18.1. The molecule has 0 atom stereocenters. The van der Waals surface area contributed by atoms with Crippen molar-refractivity contribution in [1.82, 2.24) is 0 Å². The summed E-state index contributed by atoms with van der Waals surface area (Å²) in [6, 6.07) is 19.1. The van der Waals surface area contributed by atoms with Gasteiger partial charge >= 0.3 is 5.97 Å². The maximum atomic E-state index is 12.3. The smallest absolute Gasteiger partial charge is 0.338 e. The van der Waals surface area contributed by atoms with Gasteiger partial charge in [-0.15, -0.1) is 0 Å². The summed E-state index contributed by atoms with van der Waals surface area (Å²) in [6.45, 7) is -0.152. The van der Waals surface area contributed by atoms with E-state index in [-0.39, 0.29) is 21.3 Å². The number of para-hydroxylation sites is 1. The van der Waals surface area contributed by atoms with Crippen LogP contribution in [-0.2, 0) is 16.1 Å². The average Bonchev–Trinajstić information content (AvgIpc) is 2.79. The van der Waals surface area contributed by atoms with E-state index in [1.807, 2.05) is 30.3 Å². The van der Waals surface area contributed by atoms with E-state index < -0.39 is 18.5 Å². The Morgan fingerprint density at radius 2 is 1.61 bits per heavy atom. The number of carbonyl (C=O) groups is 2. The molecule has 0 unspecified atom stereocenters. The van der Waals surface area contributed by atoms with Gasteiger partial charge in [0.2, 0.25) is 0 Å². The molecule has 8 heteroatoms. The summed E-state index contributed by atoms with van der Waals surface area (Å²) >= 11 is 12.0. The number of carbonyl (C=O) groups excluding carboxylic acids is 2. The number of benzene rings is 3. The van der Waals surface area contributed by atoms with Gasteiger partial charge in [-0.1, -0.05) is 59.6 Å². The third kappa shape index (κ3) is 6.13. The van der Waals surface area contributed by atoms with Gasteiger partial charge in [-0.25, -0.2) is 4.79 Å². The number of methoxy groups -OCH3 is 1. The normalized spacial score (nSPS) is 10.3. The lowest BCUT2D eigenvalue weighted by molar-refractivity contribution is -0.119. The zero-order chi connectivity index (χ0) is 22.2. The van der Waals surface area contributed by atoms with E-state index in [1.165, 1.54) is 19.2 Å². The highest BCUT2D eigenvalue weighted by atomic mass is 35.5. The second-order valence-corrected chi connectivity index (χ2v) is 7.18. The van der Waals surface area contributed by atoms with Crippen molar-refractivity contribution in [3.63, 3.8) is 0 Å². The topological polar surface area (TPSA) is 73.9 Å². The quantitative estimate of drug-likeness (QED) is 0.457. The van der Waals surface area contributed by atoms with Crippen LogP contribution in [0.3, 0.4) is 0 Å². The largest absolute Gasteiger partial charge is 0.493 e. The second-order valence-electron chi connectivity index (χ2n) is 6.36. The molecular weight excluding hydrogens is 441 g/mol. The molecule has 160 valence electrons. The summed E-state index contributed by atoms with van der Waals surface area (Å²) in [6.07, 6.45) is 0. The van der Waals surface area contributed by atoms with Gasteiger partial charge in [-0.05, 0) is 35.9 Å². The highest BCUT2D eigenvalue weighted by Crippen LogP contribution is 2.30. The molecule has 0 bridgehead atoms. The van der Waals surface area contributed by atoms with Gasteiger partial charge in [0.25, 0.3) is 5.91 Å². The average molecular weight is 460 g/mol. The Bertz CT molecular complexity index is 1050. The van der Waals surface area contributed by atoms with Gasteiger partial charge in [0, 0.05) is 0 Å². The molecule has 1 amide bonds. The third-order valence-electron chi connectivity index (χ3n) is 4.20. The molecule has 0 heterocycles. The van der Waals surface area contributed by atoms with Crippen molar-refractivity contribution >= 4 is 40.8 Å². The number of hydrogen-bond donors (Lipinski definition) is 1. The lowest BCUT2D eigenvalue weighted by Crippen LogP contribution is -2.21. The number of rotatable bonds is 8. The Kier molecular flexibility index (Phi) is 7.76. The first kappa shape index (κ1) is 22.5. The number of nitrogens with one attached hydrogen (secondary N) is 1. The van der Waals surface area contributed by atoms with Crippen LogP contribution in [0.1, 0.15) is 15.9 Å². The first-order valence-corrected chi connectivity index (χ1v) is 9.99. The fourth-order valence-electron chi connectivity index (χ4n) is 2.66. The summed E-state index contributed by atoms with van der Waals surface area (Å²) in [5, 5.41) is 3.09. The zero-order valence-electron chi connectivity index (χ0n) is 16.6. The van der Waals surface area contributed by atoms with Crippen LogP contribution in [-0.4, -0.2) is 25.6 Å². The molecule has 0 radical (unpaired) electrons. The molecule has 0 spiro atoms. The van der Waals surface area contributed by atoms with Crippen LogP contribution in [0, 0.1) is 0 Å². The molecule has 3 rings (SSSR count). The van der Waals surface area contributed by atoms with Crippen LogP contribution in [0.15, 0.2) is 66.7 Å². The standard InChI is InChI=1S/C23H19Cl2NO5/c1-29-20-12-16(10-11-19(20)30-13-15-6-3-2-4-7-15)23(28)31-14-21(27)26-22-17(24)8-5-9-18(22)25/h2-12H,13-14H2,1H3,(H,26,27). The summed E-state index contributed by atoms with van der Waals surface area (Å²) in [5.41, 5.74) is 1.47. The van der Waals surface area contributed by atoms with Gasteiger partial charge < -0.3 is 19.5 Å². The Morgan fingerprint density at radius 3 is 2.29 bits per heavy atom. The number of esters is 1. The predicted molar refractivity (Wildman–Crippen MR) is 119 cm³/mol. The van der Waals surface area contributed by atoms with E-state index in [2.05, 4.69) is 5.32 Å². The molecule has 0 aliphatic heterocycles. The molecule has 0 saturated carbocycles. The van der Waals surface area contributed by atoms with Crippen LogP contribution in [0.2, 0.25) is 10.0 Å². The Hall–Kier alpha value is -3.22. The number of ether oxygens (including phenoxy) is 3. The Morgan fingerprint density at radius 1 is 0.903 bits per heavy atom. The molecule has 31 heavy (non-hydrogen) atoms. The van der Waals surface area contributed by atoms with Crippen molar-refractivity contribution in [2.75, 3.05) is 19.0 Å². The summed E-state index contributed by atoms with van der Waals surface area (Å²) in [7, 11) is 1.47. The molecular formula is C23H19Cl2NO5. The Balaban J connectivity index is 1.59.